The fraction of sp³-hybridized carbons (Fsp3) is 0.917. The van der Waals surface area contributed by atoms with Crippen LogP contribution < -0.4 is 5.73 Å². The van der Waals surface area contributed by atoms with Gasteiger partial charge in [-0.1, -0.05) is 6.92 Å². The largest absolute Gasteiger partial charge is 0.461 e. The van der Waals surface area contributed by atoms with E-state index >= 15 is 0 Å². The van der Waals surface area contributed by atoms with Crippen LogP contribution in [-0.2, 0) is 14.3 Å². The summed E-state index contributed by atoms with van der Waals surface area (Å²) in [6, 6.07) is -0.465. The molecule has 1 aliphatic heterocycles. The van der Waals surface area contributed by atoms with Crippen LogP contribution in [0.15, 0.2) is 0 Å². The number of nitrogens with two attached hydrogens (primary N) is 1. The van der Waals surface area contributed by atoms with E-state index in [0.29, 0.717) is 6.42 Å². The van der Waals surface area contributed by atoms with Gasteiger partial charge in [0.15, 0.2) is 0 Å². The number of rotatable bonds is 3. The van der Waals surface area contributed by atoms with Gasteiger partial charge < -0.3 is 15.2 Å². The Morgan fingerprint density at radius 3 is 2.94 bits per heavy atom. The van der Waals surface area contributed by atoms with E-state index in [-0.39, 0.29) is 18.2 Å². The van der Waals surface area contributed by atoms with Crippen molar-refractivity contribution in [2.75, 3.05) is 6.61 Å². The van der Waals surface area contributed by atoms with Crippen molar-refractivity contribution < 1.29 is 14.3 Å². The highest BCUT2D eigenvalue weighted by Gasteiger charge is 2.23. The molecule has 0 aromatic rings. The Morgan fingerprint density at radius 1 is 1.50 bits per heavy atom. The number of hydrogen-bond donors (Lipinski definition) is 1. The average Bonchev–Trinajstić information content (AvgIpc) is 2.29. The molecular weight excluding hydrogens is 206 g/mol. The molecule has 0 aliphatic carbocycles. The van der Waals surface area contributed by atoms with Crippen LogP contribution in [0, 0.1) is 0 Å². The van der Waals surface area contributed by atoms with Crippen LogP contribution in [-0.4, -0.2) is 30.8 Å². The molecule has 1 fully saturated rings. The van der Waals surface area contributed by atoms with Gasteiger partial charge in [0.2, 0.25) is 0 Å². The summed E-state index contributed by atoms with van der Waals surface area (Å²) in [7, 11) is 0. The normalized spacial score (nSPS) is 32.4. The van der Waals surface area contributed by atoms with Crippen molar-refractivity contribution in [1.82, 2.24) is 0 Å². The highest BCUT2D eigenvalue weighted by Crippen LogP contribution is 2.17. The van der Waals surface area contributed by atoms with E-state index in [1.165, 1.54) is 0 Å². The fourth-order valence-corrected chi connectivity index (χ4v) is 1.94. The minimum absolute atomic E-state index is 0.0986. The van der Waals surface area contributed by atoms with E-state index in [4.69, 9.17) is 15.2 Å². The van der Waals surface area contributed by atoms with Gasteiger partial charge in [0.25, 0.3) is 0 Å². The van der Waals surface area contributed by atoms with Gasteiger partial charge in [0.1, 0.15) is 12.1 Å². The third-order valence-electron chi connectivity index (χ3n) is 2.81. The zero-order valence-corrected chi connectivity index (χ0v) is 10.3. The monoisotopic (exact) mass is 229 g/mol. The maximum absolute atomic E-state index is 11.5. The molecule has 0 radical (unpaired) electrons. The Bertz CT molecular complexity index is 220. The molecule has 0 aromatic heterocycles. The lowest BCUT2D eigenvalue weighted by molar-refractivity contribution is -0.151. The highest BCUT2D eigenvalue weighted by atomic mass is 16.5. The van der Waals surface area contributed by atoms with Crippen LogP contribution in [0.4, 0.5) is 0 Å². The molecule has 0 spiro atoms. The average molecular weight is 229 g/mol. The van der Waals surface area contributed by atoms with Gasteiger partial charge in [-0.05, 0) is 32.6 Å². The van der Waals surface area contributed by atoms with E-state index < -0.39 is 6.04 Å². The Kier molecular flexibility index (Phi) is 5.77. The predicted molar refractivity (Wildman–Crippen MR) is 62.0 cm³/mol. The van der Waals surface area contributed by atoms with Crippen molar-refractivity contribution in [3.8, 4) is 0 Å². The summed E-state index contributed by atoms with van der Waals surface area (Å²) >= 11 is 0. The third kappa shape index (κ3) is 4.49. The summed E-state index contributed by atoms with van der Waals surface area (Å²) < 4.78 is 11.0. The van der Waals surface area contributed by atoms with Crippen molar-refractivity contribution in [2.45, 2.75) is 64.2 Å². The Hall–Kier alpha value is -0.610. The van der Waals surface area contributed by atoms with Crippen molar-refractivity contribution in [2.24, 2.45) is 5.73 Å². The number of esters is 1. The second-order valence-corrected chi connectivity index (χ2v) is 4.51. The Labute approximate surface area is 97.5 Å². The van der Waals surface area contributed by atoms with Gasteiger partial charge in [-0.15, -0.1) is 0 Å². The second kappa shape index (κ2) is 6.86. The number of ether oxygens (including phenoxy) is 2. The Balaban J connectivity index is 2.48. The summed E-state index contributed by atoms with van der Waals surface area (Å²) in [5, 5.41) is 0. The maximum atomic E-state index is 11.5. The van der Waals surface area contributed by atoms with Crippen molar-refractivity contribution >= 4 is 5.97 Å². The van der Waals surface area contributed by atoms with Gasteiger partial charge >= 0.3 is 5.97 Å². The zero-order chi connectivity index (χ0) is 12.0. The molecule has 0 aromatic carbocycles. The SMILES string of the molecule is CCCOC1CCC[C@H](N)C(=O)OC(C)C1. The van der Waals surface area contributed by atoms with Crippen LogP contribution in [0.5, 0.6) is 0 Å². The number of hydrogen-bond acceptors (Lipinski definition) is 4. The van der Waals surface area contributed by atoms with Crippen LogP contribution in [0.25, 0.3) is 0 Å². The number of carbonyl (C=O) groups is 1. The molecule has 2 unspecified atom stereocenters. The van der Waals surface area contributed by atoms with Gasteiger partial charge in [-0.2, -0.15) is 0 Å². The molecule has 0 amide bonds. The van der Waals surface area contributed by atoms with E-state index in [1.54, 1.807) is 0 Å². The quantitative estimate of drug-likeness (QED) is 0.747. The summed E-state index contributed by atoms with van der Waals surface area (Å²) in [5.41, 5.74) is 5.71. The molecule has 4 heteroatoms. The molecule has 1 aliphatic rings. The van der Waals surface area contributed by atoms with Crippen molar-refractivity contribution in [3.05, 3.63) is 0 Å². The number of carbonyl (C=O) groups excluding carboxylic acids is 1. The molecule has 4 nitrogen and oxygen atoms in total. The van der Waals surface area contributed by atoms with Gasteiger partial charge in [0, 0.05) is 13.0 Å². The lowest BCUT2D eigenvalue weighted by Crippen LogP contribution is -2.33. The van der Waals surface area contributed by atoms with E-state index in [1.807, 2.05) is 6.92 Å². The first-order chi connectivity index (χ1) is 7.63. The van der Waals surface area contributed by atoms with E-state index in [0.717, 1.165) is 32.3 Å². The van der Waals surface area contributed by atoms with Crippen LogP contribution in [0.1, 0.15) is 46.0 Å². The van der Waals surface area contributed by atoms with Crippen LogP contribution >= 0.6 is 0 Å². The molecule has 0 bridgehead atoms. The third-order valence-corrected chi connectivity index (χ3v) is 2.81. The summed E-state index contributed by atoms with van der Waals surface area (Å²) in [4.78, 5) is 11.5. The van der Waals surface area contributed by atoms with Gasteiger partial charge in [-0.25, -0.2) is 0 Å². The fourth-order valence-electron chi connectivity index (χ4n) is 1.94. The Morgan fingerprint density at radius 2 is 2.25 bits per heavy atom. The lowest BCUT2D eigenvalue weighted by atomic mass is 10.0. The minimum atomic E-state index is -0.465. The molecule has 1 heterocycles. The molecule has 0 saturated carbocycles. The zero-order valence-electron chi connectivity index (χ0n) is 10.3. The smallest absolute Gasteiger partial charge is 0.323 e. The van der Waals surface area contributed by atoms with E-state index in [2.05, 4.69) is 6.92 Å². The summed E-state index contributed by atoms with van der Waals surface area (Å²) in [6.45, 7) is 4.77. The van der Waals surface area contributed by atoms with Crippen LogP contribution in [0.3, 0.4) is 0 Å². The molecule has 3 atom stereocenters. The summed E-state index contributed by atoms with van der Waals surface area (Å²) in [5.74, 6) is -0.274. The molecule has 1 rings (SSSR count). The standard InChI is InChI=1S/C12H23NO3/c1-3-7-15-10-5-4-6-11(13)12(14)16-9(2)8-10/h9-11H,3-8,13H2,1-2H3/t9?,10?,11-/m0/s1. The first-order valence-electron chi connectivity index (χ1n) is 6.21. The first kappa shape index (κ1) is 13.5. The minimum Gasteiger partial charge on any atom is -0.461 e. The molecule has 16 heavy (non-hydrogen) atoms. The first-order valence-corrected chi connectivity index (χ1v) is 6.21. The van der Waals surface area contributed by atoms with Gasteiger partial charge in [0.05, 0.1) is 6.10 Å². The van der Waals surface area contributed by atoms with Crippen molar-refractivity contribution in [3.63, 3.8) is 0 Å². The lowest BCUT2D eigenvalue weighted by Gasteiger charge is -2.20. The second-order valence-electron chi connectivity index (χ2n) is 4.51. The molecule has 94 valence electrons. The van der Waals surface area contributed by atoms with E-state index in [9.17, 15) is 4.79 Å². The van der Waals surface area contributed by atoms with Crippen molar-refractivity contribution in [1.29, 1.82) is 0 Å². The topological polar surface area (TPSA) is 61.5 Å². The highest BCUT2D eigenvalue weighted by molar-refractivity contribution is 5.75. The predicted octanol–water partition coefficient (Wildman–Crippen LogP) is 1.61. The summed E-state index contributed by atoms with van der Waals surface area (Å²) in [6.07, 6.45) is 4.48. The number of cyclic esters (lactones) is 1. The molecular formula is C12H23NO3. The molecule has 2 N–H and O–H groups in total. The maximum Gasteiger partial charge on any atom is 0.323 e. The van der Waals surface area contributed by atoms with Gasteiger partial charge in [-0.3, -0.25) is 4.79 Å². The molecule has 1 saturated heterocycles. The van der Waals surface area contributed by atoms with Crippen LogP contribution in [0.2, 0.25) is 0 Å².